The number of aliphatic hydroxyl groups is 2. The van der Waals surface area contributed by atoms with E-state index in [1.54, 1.807) is 12.2 Å². The maximum Gasteiger partial charge on any atom is 0.472 e. The molecule has 1 aliphatic rings. The number of esters is 2. The number of nitrogens with two attached hydrogens (primary N) is 1. The van der Waals surface area contributed by atoms with Crippen LogP contribution in [0.15, 0.2) is 24.3 Å². The summed E-state index contributed by atoms with van der Waals surface area (Å²) in [7, 11) is -4.79. The fraction of sp³-hybridized carbons (Fsp3) is 0.810. The van der Waals surface area contributed by atoms with Crippen molar-refractivity contribution in [1.29, 1.82) is 0 Å². The van der Waals surface area contributed by atoms with Gasteiger partial charge in [-0.3, -0.25) is 28.2 Å². The summed E-state index contributed by atoms with van der Waals surface area (Å²) in [5, 5.41) is 29.6. The minimum absolute atomic E-state index is 0.0309. The van der Waals surface area contributed by atoms with Crippen LogP contribution in [0.2, 0.25) is 0 Å². The third-order valence-electron chi connectivity index (χ3n) is 10.1. The number of carbonyl (C=O) groups excluding carboxylic acids is 3. The minimum atomic E-state index is -4.79. The Morgan fingerprint density at radius 3 is 1.98 bits per heavy atom. The number of aliphatic hydroxyl groups excluding tert-OH is 2. The molecule has 1 saturated carbocycles. The van der Waals surface area contributed by atoms with Crippen molar-refractivity contribution in [1.82, 2.24) is 0 Å². The summed E-state index contributed by atoms with van der Waals surface area (Å²) in [5.74, 6) is -3.43. The summed E-state index contributed by atoms with van der Waals surface area (Å²) >= 11 is 0. The highest BCUT2D eigenvalue weighted by molar-refractivity contribution is 7.47. The van der Waals surface area contributed by atoms with Gasteiger partial charge in [-0.2, -0.15) is 0 Å². The number of hydrogen-bond donors (Lipinski definition) is 5. The molecule has 6 N–H and O–H groups in total. The van der Waals surface area contributed by atoms with Gasteiger partial charge in [0.15, 0.2) is 6.10 Å². The highest BCUT2D eigenvalue weighted by Crippen LogP contribution is 2.43. The number of phosphoric ester groups is 1. The maximum absolute atomic E-state index is 12.7. The first-order valence-electron chi connectivity index (χ1n) is 21.5. The third-order valence-corrected chi connectivity index (χ3v) is 11.0. The van der Waals surface area contributed by atoms with Crippen molar-refractivity contribution in [2.45, 2.75) is 186 Å². The third kappa shape index (κ3) is 27.0. The molecule has 0 aliphatic heterocycles. The summed E-state index contributed by atoms with van der Waals surface area (Å²) in [5.41, 5.74) is 5.32. The number of carbonyl (C=O) groups is 4. The number of hydrogen-bond acceptors (Lipinski definition) is 12. The molecule has 15 heteroatoms. The number of carboxylic acids is 1. The van der Waals surface area contributed by atoms with E-state index in [4.69, 9.17) is 24.8 Å². The van der Waals surface area contributed by atoms with Gasteiger partial charge in [-0.25, -0.2) is 4.57 Å². The van der Waals surface area contributed by atoms with Crippen LogP contribution in [0.4, 0.5) is 0 Å². The number of aliphatic carboxylic acids is 1. The average molecular weight is 832 g/mol. The molecule has 0 bridgehead atoms. The van der Waals surface area contributed by atoms with Crippen molar-refractivity contribution >= 4 is 31.5 Å². The van der Waals surface area contributed by atoms with E-state index in [-0.39, 0.29) is 31.0 Å². The lowest BCUT2D eigenvalue weighted by atomic mass is 9.90. The largest absolute Gasteiger partial charge is 0.480 e. The summed E-state index contributed by atoms with van der Waals surface area (Å²) in [6.45, 7) is 2.42. The molecule has 0 amide bonds. The van der Waals surface area contributed by atoms with Gasteiger partial charge in [0.2, 0.25) is 0 Å². The molecule has 0 heterocycles. The van der Waals surface area contributed by atoms with E-state index >= 15 is 0 Å². The van der Waals surface area contributed by atoms with Crippen molar-refractivity contribution in [3.05, 3.63) is 24.3 Å². The van der Waals surface area contributed by atoms with E-state index in [9.17, 15) is 38.8 Å². The maximum atomic E-state index is 12.7. The van der Waals surface area contributed by atoms with Crippen LogP contribution in [0.25, 0.3) is 0 Å². The van der Waals surface area contributed by atoms with Crippen LogP contribution in [0.3, 0.4) is 0 Å². The average Bonchev–Trinajstić information content (AvgIpc) is 3.44. The first-order chi connectivity index (χ1) is 27.3. The van der Waals surface area contributed by atoms with Crippen LogP contribution in [0.5, 0.6) is 0 Å². The quantitative estimate of drug-likeness (QED) is 0.0177. The van der Waals surface area contributed by atoms with Crippen molar-refractivity contribution in [3.8, 4) is 0 Å². The zero-order valence-corrected chi connectivity index (χ0v) is 35.5. The molecule has 1 fully saturated rings. The Kier molecular flexibility index (Phi) is 29.9. The van der Waals surface area contributed by atoms with E-state index in [1.807, 2.05) is 12.2 Å². The van der Waals surface area contributed by atoms with E-state index in [1.165, 1.54) is 57.8 Å². The molecule has 0 aromatic carbocycles. The standard InChI is InChI=1S/C42H74NO13P/c1-3-5-7-8-9-10-11-12-13-14-15-16-21-25-40(47)53-30-34(31-54-57(51,52)55-32-37(43)42(49)50)56-41(48)26-22-18-17-20-24-35-36(39(46)29-38(35)45)28-27-33(44)23-19-6-4-2/h17,20,27-28,33-37,39,44,46H,3-16,18-19,21-26,29-32,43H2,1-2H3,(H,49,50)(H,51,52)/b20-17-,28-27+/t33-,34+,35+,36+,37-,39+/m0/s1. The molecule has 0 saturated heterocycles. The van der Waals surface area contributed by atoms with Gasteiger partial charge in [-0.05, 0) is 32.1 Å². The number of ketones is 1. The Morgan fingerprint density at radius 2 is 1.37 bits per heavy atom. The predicted molar refractivity (Wildman–Crippen MR) is 218 cm³/mol. The van der Waals surface area contributed by atoms with E-state index in [0.29, 0.717) is 32.1 Å². The molecule has 0 aromatic rings. The van der Waals surface area contributed by atoms with E-state index < -0.39 is 75.8 Å². The number of unbranched alkanes of at least 4 members (excludes halogenated alkanes) is 15. The number of ether oxygens (including phenoxy) is 2. The van der Waals surface area contributed by atoms with Crippen LogP contribution in [-0.4, -0.2) is 88.1 Å². The second-order valence-corrected chi connectivity index (χ2v) is 16.7. The smallest absolute Gasteiger partial charge is 0.472 e. The summed E-state index contributed by atoms with van der Waals surface area (Å²) < 4.78 is 32.6. The fourth-order valence-electron chi connectivity index (χ4n) is 6.58. The Labute approximate surface area is 340 Å². The van der Waals surface area contributed by atoms with Crippen molar-refractivity contribution < 1.29 is 62.5 Å². The van der Waals surface area contributed by atoms with Crippen LogP contribution in [0, 0.1) is 11.8 Å². The highest BCUT2D eigenvalue weighted by atomic mass is 31.2. The Morgan fingerprint density at radius 1 is 0.807 bits per heavy atom. The zero-order chi connectivity index (χ0) is 42.3. The first kappa shape index (κ1) is 52.6. The van der Waals surface area contributed by atoms with Gasteiger partial charge in [-0.1, -0.05) is 134 Å². The predicted octanol–water partition coefficient (Wildman–Crippen LogP) is 7.65. The molecule has 14 nitrogen and oxygen atoms in total. The molecule has 330 valence electrons. The van der Waals surface area contributed by atoms with Crippen molar-refractivity contribution in [2.75, 3.05) is 19.8 Å². The Bertz CT molecular complexity index is 1230. The van der Waals surface area contributed by atoms with Crippen molar-refractivity contribution in [3.63, 3.8) is 0 Å². The highest BCUT2D eigenvalue weighted by Gasteiger charge is 2.39. The van der Waals surface area contributed by atoms with Gasteiger partial charge < -0.3 is 35.4 Å². The molecule has 1 rings (SSSR count). The molecule has 1 aliphatic carbocycles. The minimum Gasteiger partial charge on any atom is -0.480 e. The molecule has 7 atom stereocenters. The number of allylic oxidation sites excluding steroid dienone is 2. The molecule has 0 radical (unpaired) electrons. The summed E-state index contributed by atoms with van der Waals surface area (Å²) in [6.07, 6.45) is 24.7. The SMILES string of the molecule is CCCCCCCCCCCCCCCC(=O)OC[C@H](COP(=O)(O)OC[C@H](N)C(=O)O)OC(=O)CCC/C=C\C[C@H]1C(=O)C[C@@H](O)[C@@H]1/C=C/[C@@H](O)CCCCC. The molecule has 57 heavy (non-hydrogen) atoms. The lowest BCUT2D eigenvalue weighted by Gasteiger charge is -2.20. The fourth-order valence-corrected chi connectivity index (χ4v) is 7.35. The summed E-state index contributed by atoms with van der Waals surface area (Å²) in [6, 6.07) is -1.56. The topological polar surface area (TPSA) is 229 Å². The molecular weight excluding hydrogens is 757 g/mol. The first-order valence-corrected chi connectivity index (χ1v) is 23.0. The van der Waals surface area contributed by atoms with Gasteiger partial charge in [0.25, 0.3) is 0 Å². The van der Waals surface area contributed by atoms with E-state index in [2.05, 4.69) is 18.4 Å². The number of rotatable bonds is 36. The second kappa shape index (κ2) is 32.4. The lowest BCUT2D eigenvalue weighted by Crippen LogP contribution is -2.34. The van der Waals surface area contributed by atoms with Gasteiger partial charge in [0.05, 0.1) is 25.4 Å². The lowest BCUT2D eigenvalue weighted by molar-refractivity contribution is -0.161. The van der Waals surface area contributed by atoms with Crippen LogP contribution in [-0.2, 0) is 42.3 Å². The summed E-state index contributed by atoms with van der Waals surface area (Å²) in [4.78, 5) is 58.6. The second-order valence-electron chi connectivity index (χ2n) is 15.3. The number of carboxylic acid groups (broad SMARTS) is 1. The van der Waals surface area contributed by atoms with Crippen LogP contribution < -0.4 is 5.73 Å². The Balaban J connectivity index is 2.53. The zero-order valence-electron chi connectivity index (χ0n) is 34.6. The van der Waals surface area contributed by atoms with Gasteiger partial charge in [0, 0.05) is 31.1 Å². The van der Waals surface area contributed by atoms with Crippen LogP contribution in [0.1, 0.15) is 162 Å². The molecule has 1 unspecified atom stereocenters. The monoisotopic (exact) mass is 831 g/mol. The van der Waals surface area contributed by atoms with Crippen molar-refractivity contribution in [2.24, 2.45) is 17.6 Å². The van der Waals surface area contributed by atoms with Gasteiger partial charge >= 0.3 is 25.7 Å². The molecule has 0 spiro atoms. The number of Topliss-reactive ketones (excluding diaryl/α,β-unsaturated/α-hetero) is 1. The van der Waals surface area contributed by atoms with Gasteiger partial charge in [0.1, 0.15) is 18.4 Å². The van der Waals surface area contributed by atoms with Gasteiger partial charge in [-0.15, -0.1) is 0 Å². The van der Waals surface area contributed by atoms with E-state index in [0.717, 1.165) is 38.5 Å². The normalized spacial score (nSPS) is 19.8. The Hall–Kier alpha value is -2.45. The molecule has 0 aromatic heterocycles. The molecular formula is C42H74NO13P. The van der Waals surface area contributed by atoms with Crippen LogP contribution >= 0.6 is 7.82 Å². The number of phosphoric acid groups is 1.